The molecule has 28 heavy (non-hydrogen) atoms. The Hall–Kier alpha value is -2.66. The monoisotopic (exact) mass is 377 g/mol. The molecule has 1 atom stereocenters. The number of imide groups is 1. The quantitative estimate of drug-likeness (QED) is 0.813. The van der Waals surface area contributed by atoms with E-state index in [4.69, 9.17) is 0 Å². The lowest BCUT2D eigenvalue weighted by Gasteiger charge is -2.33. The van der Waals surface area contributed by atoms with E-state index in [-0.39, 0.29) is 11.9 Å². The second-order valence-corrected chi connectivity index (χ2v) is 8.04. The molecule has 0 unspecified atom stereocenters. The molecule has 146 valence electrons. The van der Waals surface area contributed by atoms with Crippen LogP contribution < -0.4 is 5.32 Å². The van der Waals surface area contributed by atoms with E-state index in [9.17, 15) is 9.59 Å². The second kappa shape index (κ2) is 7.76. The van der Waals surface area contributed by atoms with Gasteiger partial charge in [0.05, 0.1) is 6.67 Å². The van der Waals surface area contributed by atoms with Crippen LogP contribution in [0, 0.1) is 5.92 Å². The zero-order valence-electron chi connectivity index (χ0n) is 16.3. The van der Waals surface area contributed by atoms with Crippen molar-refractivity contribution >= 4 is 11.9 Å². The molecule has 2 fully saturated rings. The maximum absolute atomic E-state index is 13.6. The molecule has 0 aromatic heterocycles. The number of likely N-dealkylation sites (tertiary alicyclic amines) is 1. The second-order valence-electron chi connectivity index (χ2n) is 8.04. The number of nitrogens with one attached hydrogen (secondary N) is 1. The van der Waals surface area contributed by atoms with Gasteiger partial charge in [-0.3, -0.25) is 9.69 Å². The number of amides is 3. The molecule has 0 radical (unpaired) electrons. The number of hydrogen-bond acceptors (Lipinski definition) is 3. The highest BCUT2D eigenvalue weighted by molar-refractivity contribution is 6.07. The van der Waals surface area contributed by atoms with Gasteiger partial charge in [-0.15, -0.1) is 0 Å². The Balaban J connectivity index is 1.63. The fourth-order valence-corrected chi connectivity index (χ4v) is 4.20. The van der Waals surface area contributed by atoms with Crippen LogP contribution in [0.4, 0.5) is 4.79 Å². The smallest absolute Gasteiger partial charge is 0.319 e. The molecule has 2 aromatic rings. The van der Waals surface area contributed by atoms with Crippen molar-refractivity contribution in [2.24, 2.45) is 5.92 Å². The zero-order valence-corrected chi connectivity index (χ0v) is 16.3. The minimum Gasteiger partial charge on any atom is -0.319 e. The van der Waals surface area contributed by atoms with Crippen LogP contribution in [0.2, 0.25) is 0 Å². The van der Waals surface area contributed by atoms with Crippen LogP contribution in [0.15, 0.2) is 60.7 Å². The minimum absolute atomic E-state index is 0.161. The molecule has 0 spiro atoms. The Morgan fingerprint density at radius 1 is 0.964 bits per heavy atom. The molecule has 5 nitrogen and oxygen atoms in total. The summed E-state index contributed by atoms with van der Waals surface area (Å²) in [5, 5.41) is 3.04. The first-order valence-electron chi connectivity index (χ1n) is 10.0. The van der Waals surface area contributed by atoms with Crippen molar-refractivity contribution < 1.29 is 9.59 Å². The van der Waals surface area contributed by atoms with Crippen LogP contribution in [0.5, 0.6) is 0 Å². The third kappa shape index (κ3) is 3.54. The summed E-state index contributed by atoms with van der Waals surface area (Å²) in [5.74, 6) is 0.548. The van der Waals surface area contributed by atoms with E-state index in [1.807, 2.05) is 60.7 Å². The lowest BCUT2D eigenvalue weighted by Crippen LogP contribution is -2.48. The molecular weight excluding hydrogens is 350 g/mol. The van der Waals surface area contributed by atoms with Crippen LogP contribution >= 0.6 is 0 Å². The third-order valence-corrected chi connectivity index (χ3v) is 5.97. The highest BCUT2D eigenvalue weighted by Crippen LogP contribution is 2.33. The fourth-order valence-electron chi connectivity index (χ4n) is 4.20. The van der Waals surface area contributed by atoms with Gasteiger partial charge in [0.2, 0.25) is 0 Å². The summed E-state index contributed by atoms with van der Waals surface area (Å²) >= 11 is 0. The van der Waals surface area contributed by atoms with E-state index < -0.39 is 5.54 Å². The first-order chi connectivity index (χ1) is 13.6. The summed E-state index contributed by atoms with van der Waals surface area (Å²) in [4.78, 5) is 30.1. The summed E-state index contributed by atoms with van der Waals surface area (Å²) in [7, 11) is 0. The van der Waals surface area contributed by atoms with Gasteiger partial charge in [0.15, 0.2) is 5.54 Å². The molecule has 2 heterocycles. The van der Waals surface area contributed by atoms with Crippen molar-refractivity contribution in [1.82, 2.24) is 15.1 Å². The number of carbonyl (C=O) groups excluding carboxylic acids is 2. The fraction of sp³-hybridized carbons (Fsp3) is 0.391. The minimum atomic E-state index is -1.05. The predicted octanol–water partition coefficient (Wildman–Crippen LogP) is 3.37. The molecule has 2 saturated heterocycles. The Labute approximate surface area is 166 Å². The molecule has 0 saturated carbocycles. The molecule has 3 amide bonds. The summed E-state index contributed by atoms with van der Waals surface area (Å²) in [6.07, 6.45) is 2.66. The van der Waals surface area contributed by atoms with Gasteiger partial charge < -0.3 is 5.32 Å². The van der Waals surface area contributed by atoms with Crippen molar-refractivity contribution in [3.05, 3.63) is 71.8 Å². The van der Waals surface area contributed by atoms with E-state index in [0.29, 0.717) is 19.0 Å². The van der Waals surface area contributed by atoms with Crippen molar-refractivity contribution in [3.63, 3.8) is 0 Å². The lowest BCUT2D eigenvalue weighted by molar-refractivity contribution is -0.133. The number of urea groups is 1. The topological polar surface area (TPSA) is 52.6 Å². The predicted molar refractivity (Wildman–Crippen MR) is 108 cm³/mol. The Bertz CT molecular complexity index is 831. The largest absolute Gasteiger partial charge is 0.326 e. The first-order valence-corrected chi connectivity index (χ1v) is 10.0. The first kappa shape index (κ1) is 18.7. The molecule has 4 rings (SSSR count). The number of carbonyl (C=O) groups is 2. The Morgan fingerprint density at radius 3 is 2.21 bits per heavy atom. The molecule has 2 aliphatic rings. The van der Waals surface area contributed by atoms with Crippen LogP contribution in [0.3, 0.4) is 0 Å². The van der Waals surface area contributed by atoms with Crippen LogP contribution in [0.1, 0.15) is 30.9 Å². The van der Waals surface area contributed by atoms with E-state index in [1.54, 1.807) is 0 Å². The number of piperidine rings is 1. The van der Waals surface area contributed by atoms with Gasteiger partial charge >= 0.3 is 6.03 Å². The van der Waals surface area contributed by atoms with Crippen LogP contribution in [-0.4, -0.2) is 41.5 Å². The molecule has 1 N–H and O–H groups in total. The Kier molecular flexibility index (Phi) is 5.18. The van der Waals surface area contributed by atoms with Crippen molar-refractivity contribution in [2.45, 2.75) is 31.7 Å². The zero-order chi connectivity index (χ0) is 19.6. The highest BCUT2D eigenvalue weighted by atomic mass is 16.2. The van der Waals surface area contributed by atoms with Gasteiger partial charge in [0, 0.05) is 19.5 Å². The summed E-state index contributed by atoms with van der Waals surface area (Å²) in [5.41, 5.74) is 0.795. The number of hydrogen-bond donors (Lipinski definition) is 1. The third-order valence-electron chi connectivity index (χ3n) is 5.97. The number of nitrogens with zero attached hydrogens (tertiary/aromatic N) is 2. The van der Waals surface area contributed by atoms with Gasteiger partial charge in [-0.2, -0.15) is 0 Å². The van der Waals surface area contributed by atoms with E-state index in [1.165, 1.54) is 4.90 Å². The highest BCUT2D eigenvalue weighted by Gasteiger charge is 2.52. The maximum atomic E-state index is 13.6. The van der Waals surface area contributed by atoms with E-state index in [2.05, 4.69) is 17.1 Å². The molecule has 0 bridgehead atoms. The van der Waals surface area contributed by atoms with Crippen molar-refractivity contribution in [2.75, 3.05) is 19.8 Å². The van der Waals surface area contributed by atoms with Gasteiger partial charge in [-0.25, -0.2) is 9.69 Å². The normalized spacial score (nSPS) is 23.8. The molecular formula is C23H27N3O2. The van der Waals surface area contributed by atoms with Crippen molar-refractivity contribution in [1.29, 1.82) is 0 Å². The SMILES string of the molecule is CC1CCN(CN2C(=O)N[C@@](Cc3ccccc3)(c3ccccc3)C2=O)CC1. The van der Waals surface area contributed by atoms with E-state index in [0.717, 1.165) is 37.1 Å². The van der Waals surface area contributed by atoms with E-state index >= 15 is 0 Å². The summed E-state index contributed by atoms with van der Waals surface area (Å²) < 4.78 is 0. The standard InChI is InChI=1S/C23H27N3O2/c1-18-12-14-25(15-13-18)17-26-21(27)23(24-22(26)28,20-10-6-3-7-11-20)16-19-8-4-2-5-9-19/h2-11,18H,12-17H2,1H3,(H,24,28)/t23-/m0/s1. The molecule has 0 aliphatic carbocycles. The average Bonchev–Trinajstić information content (AvgIpc) is 2.96. The average molecular weight is 377 g/mol. The maximum Gasteiger partial charge on any atom is 0.326 e. The van der Waals surface area contributed by atoms with Crippen molar-refractivity contribution in [3.8, 4) is 0 Å². The van der Waals surface area contributed by atoms with Crippen LogP contribution in [0.25, 0.3) is 0 Å². The van der Waals surface area contributed by atoms with Gasteiger partial charge in [0.25, 0.3) is 5.91 Å². The number of benzene rings is 2. The molecule has 2 aromatic carbocycles. The number of rotatable bonds is 5. The van der Waals surface area contributed by atoms with Gasteiger partial charge in [0.1, 0.15) is 0 Å². The molecule has 5 heteroatoms. The van der Waals surface area contributed by atoms with Gasteiger partial charge in [-0.05, 0) is 29.9 Å². The van der Waals surface area contributed by atoms with Gasteiger partial charge in [-0.1, -0.05) is 67.6 Å². The van der Waals surface area contributed by atoms with Crippen LogP contribution in [-0.2, 0) is 16.8 Å². The summed E-state index contributed by atoms with van der Waals surface area (Å²) in [6, 6.07) is 19.2. The Morgan fingerprint density at radius 2 is 1.57 bits per heavy atom. The lowest BCUT2D eigenvalue weighted by atomic mass is 9.83. The summed E-state index contributed by atoms with van der Waals surface area (Å²) in [6.45, 7) is 4.47. The molecule has 2 aliphatic heterocycles.